The highest BCUT2D eigenvalue weighted by Gasteiger charge is 2.34. The molecule has 1 aliphatic carbocycles. The zero-order valence-corrected chi connectivity index (χ0v) is 24.9. The number of hydrogen-bond acceptors (Lipinski definition) is 8. The van der Waals surface area contributed by atoms with E-state index >= 15 is 0 Å². The van der Waals surface area contributed by atoms with Crippen LogP contribution in [0.25, 0.3) is 21.8 Å². The summed E-state index contributed by atoms with van der Waals surface area (Å²) in [5.74, 6) is 1.43. The van der Waals surface area contributed by atoms with E-state index in [1.807, 2.05) is 63.4 Å². The zero-order chi connectivity index (χ0) is 29.4. The van der Waals surface area contributed by atoms with Crippen LogP contribution in [0.2, 0.25) is 0 Å². The number of rotatable bonds is 9. The number of carbonyl (C=O) groups excluding carboxylic acids is 1. The van der Waals surface area contributed by atoms with Gasteiger partial charge in [0.25, 0.3) is 0 Å². The number of nitrogens with one attached hydrogen (secondary N) is 1. The lowest BCUT2D eigenvalue weighted by Gasteiger charge is -2.35. The van der Waals surface area contributed by atoms with Gasteiger partial charge >= 0.3 is 5.97 Å². The van der Waals surface area contributed by atoms with Crippen LogP contribution < -0.4 is 19.2 Å². The molecule has 0 unspecified atom stereocenters. The predicted molar refractivity (Wildman–Crippen MR) is 160 cm³/mol. The zero-order valence-electron chi connectivity index (χ0n) is 24.1. The molecule has 11 heteroatoms. The number of methoxy groups -OCH3 is 1. The van der Waals surface area contributed by atoms with Gasteiger partial charge in [0.05, 0.1) is 23.7 Å². The highest BCUT2D eigenvalue weighted by atomic mass is 32.2. The molecule has 2 aromatic heterocycles. The molecule has 0 spiro atoms. The molecule has 0 amide bonds. The van der Waals surface area contributed by atoms with E-state index < -0.39 is 21.4 Å². The van der Waals surface area contributed by atoms with Crippen molar-refractivity contribution in [3.05, 3.63) is 60.6 Å². The summed E-state index contributed by atoms with van der Waals surface area (Å²) in [6.45, 7) is 3.69. The standard InChI is InChI=1S/C30H37N5O5S/c1-30(2,23-10-8-22-17-25(39-5)13-9-21(22)16-23)29(36)40-35-15-14-26-27(32-19-33-28(26)35)34(4)24-11-6-20(7-12-24)18-41(37,38)31-3/h8-10,13-17,19-20,24,31H,6-7,11-12,18H2,1-5H3. The first-order valence-corrected chi connectivity index (χ1v) is 15.4. The Hall–Kier alpha value is -3.70. The molecule has 1 N–H and O–H groups in total. The molecule has 5 rings (SSSR count). The Morgan fingerprint density at radius 3 is 2.49 bits per heavy atom. The molecule has 0 radical (unpaired) electrons. The van der Waals surface area contributed by atoms with Crippen LogP contribution in [0.15, 0.2) is 55.0 Å². The quantitative estimate of drug-likeness (QED) is 0.316. The monoisotopic (exact) mass is 579 g/mol. The molecule has 0 aliphatic heterocycles. The number of fused-ring (bicyclic) bond motifs is 2. The minimum absolute atomic E-state index is 0.150. The maximum Gasteiger partial charge on any atom is 0.342 e. The summed E-state index contributed by atoms with van der Waals surface area (Å²) in [6, 6.07) is 13.8. The Bertz CT molecular complexity index is 1680. The summed E-state index contributed by atoms with van der Waals surface area (Å²) in [6.07, 6.45) is 6.58. The van der Waals surface area contributed by atoms with E-state index in [0.717, 1.165) is 59.0 Å². The molecular formula is C30H37N5O5S. The largest absolute Gasteiger partial charge is 0.497 e. The Labute approximate surface area is 240 Å². The second-order valence-electron chi connectivity index (χ2n) is 11.3. The topological polar surface area (TPSA) is 116 Å². The van der Waals surface area contributed by atoms with Gasteiger partial charge in [-0.15, -0.1) is 0 Å². The van der Waals surface area contributed by atoms with E-state index in [1.54, 1.807) is 13.3 Å². The molecule has 4 aromatic rings. The number of benzene rings is 2. The van der Waals surface area contributed by atoms with Gasteiger partial charge in [0.2, 0.25) is 10.0 Å². The van der Waals surface area contributed by atoms with Gasteiger partial charge in [-0.3, -0.25) is 0 Å². The summed E-state index contributed by atoms with van der Waals surface area (Å²) in [4.78, 5) is 30.4. The van der Waals surface area contributed by atoms with Crippen LogP contribution in [0.5, 0.6) is 5.75 Å². The molecule has 1 fully saturated rings. The Kier molecular flexibility index (Phi) is 7.93. The molecule has 2 heterocycles. The summed E-state index contributed by atoms with van der Waals surface area (Å²) in [7, 11) is 1.88. The summed E-state index contributed by atoms with van der Waals surface area (Å²) >= 11 is 0. The van der Waals surface area contributed by atoms with Crippen LogP contribution in [-0.4, -0.2) is 62.1 Å². The van der Waals surface area contributed by atoms with Gasteiger partial charge in [0.1, 0.15) is 17.9 Å². The molecule has 1 aliphatic rings. The molecule has 2 aromatic carbocycles. The minimum atomic E-state index is -3.22. The first-order valence-electron chi connectivity index (χ1n) is 13.8. The van der Waals surface area contributed by atoms with Crippen molar-refractivity contribution < 1.29 is 22.8 Å². The van der Waals surface area contributed by atoms with E-state index in [4.69, 9.17) is 9.57 Å². The number of carbonyl (C=O) groups is 1. The molecule has 0 bridgehead atoms. The fourth-order valence-corrected chi connectivity index (χ4v) is 6.72. The number of ether oxygens (including phenoxy) is 1. The molecule has 1 saturated carbocycles. The van der Waals surface area contributed by atoms with E-state index in [-0.39, 0.29) is 17.7 Å². The van der Waals surface area contributed by atoms with Crippen LogP contribution in [0, 0.1) is 5.92 Å². The Balaban J connectivity index is 1.31. The van der Waals surface area contributed by atoms with Crippen LogP contribution in [-0.2, 0) is 20.2 Å². The second-order valence-corrected chi connectivity index (χ2v) is 13.2. The van der Waals surface area contributed by atoms with E-state index in [1.165, 1.54) is 18.1 Å². The summed E-state index contributed by atoms with van der Waals surface area (Å²) in [5.41, 5.74) is 0.423. The van der Waals surface area contributed by atoms with E-state index in [0.29, 0.717) is 5.65 Å². The number of anilines is 1. The third-order valence-electron chi connectivity index (χ3n) is 8.35. The average molecular weight is 580 g/mol. The Morgan fingerprint density at radius 1 is 1.07 bits per heavy atom. The third kappa shape index (κ3) is 5.87. The van der Waals surface area contributed by atoms with Crippen molar-refractivity contribution in [1.82, 2.24) is 19.4 Å². The van der Waals surface area contributed by atoms with Crippen molar-refractivity contribution in [2.75, 3.05) is 31.9 Å². The number of sulfonamides is 1. The first-order chi connectivity index (χ1) is 19.5. The van der Waals surface area contributed by atoms with Crippen molar-refractivity contribution in [3.63, 3.8) is 0 Å². The lowest BCUT2D eigenvalue weighted by molar-refractivity contribution is -0.149. The first kappa shape index (κ1) is 28.8. The molecule has 41 heavy (non-hydrogen) atoms. The van der Waals surface area contributed by atoms with Gasteiger partial charge in [0.15, 0.2) is 5.65 Å². The SMILES string of the molecule is CNS(=O)(=O)CC1CCC(N(C)c2ncnc3c2ccn3OC(=O)C(C)(C)c2ccc3cc(OC)ccc3c2)CC1. The summed E-state index contributed by atoms with van der Waals surface area (Å²) < 4.78 is 33.1. The minimum Gasteiger partial charge on any atom is -0.497 e. The predicted octanol–water partition coefficient (Wildman–Crippen LogP) is 4.07. The summed E-state index contributed by atoms with van der Waals surface area (Å²) in [5, 5.41) is 2.81. The fraction of sp³-hybridized carbons (Fsp3) is 0.433. The Morgan fingerprint density at radius 2 is 1.78 bits per heavy atom. The van der Waals surface area contributed by atoms with Crippen molar-refractivity contribution >= 4 is 43.6 Å². The highest BCUT2D eigenvalue weighted by molar-refractivity contribution is 7.89. The van der Waals surface area contributed by atoms with Gasteiger partial charge in [-0.25, -0.2) is 27.9 Å². The van der Waals surface area contributed by atoms with E-state index in [2.05, 4.69) is 19.6 Å². The second kappa shape index (κ2) is 11.3. The van der Waals surface area contributed by atoms with Crippen molar-refractivity contribution in [2.45, 2.75) is 51.0 Å². The number of nitrogens with zero attached hydrogens (tertiary/aromatic N) is 4. The molecule has 0 atom stereocenters. The third-order valence-corrected chi connectivity index (χ3v) is 9.88. The van der Waals surface area contributed by atoms with Crippen LogP contribution in [0.1, 0.15) is 45.1 Å². The molecule has 0 saturated heterocycles. The maximum atomic E-state index is 13.5. The normalized spacial score (nSPS) is 18.0. The van der Waals surface area contributed by atoms with Crippen molar-refractivity contribution in [2.24, 2.45) is 5.92 Å². The lowest BCUT2D eigenvalue weighted by Crippen LogP contribution is -2.38. The van der Waals surface area contributed by atoms with Crippen molar-refractivity contribution in [1.29, 1.82) is 0 Å². The maximum absolute atomic E-state index is 13.5. The lowest BCUT2D eigenvalue weighted by atomic mass is 9.84. The molecule has 218 valence electrons. The van der Waals surface area contributed by atoms with Crippen molar-refractivity contribution in [3.8, 4) is 5.75 Å². The van der Waals surface area contributed by atoms with Gasteiger partial charge in [-0.05, 0) is 87.0 Å². The highest BCUT2D eigenvalue weighted by Crippen LogP contribution is 2.33. The van der Waals surface area contributed by atoms with Gasteiger partial charge < -0.3 is 14.5 Å². The average Bonchev–Trinajstić information content (AvgIpc) is 3.39. The molecule has 10 nitrogen and oxygen atoms in total. The number of aromatic nitrogens is 3. The van der Waals surface area contributed by atoms with Gasteiger partial charge in [-0.2, -0.15) is 4.73 Å². The van der Waals surface area contributed by atoms with Gasteiger partial charge in [0, 0.05) is 19.3 Å². The smallest absolute Gasteiger partial charge is 0.342 e. The van der Waals surface area contributed by atoms with Crippen LogP contribution in [0.4, 0.5) is 5.82 Å². The molecular weight excluding hydrogens is 542 g/mol. The van der Waals surface area contributed by atoms with Crippen LogP contribution in [0.3, 0.4) is 0 Å². The van der Waals surface area contributed by atoms with Gasteiger partial charge in [-0.1, -0.05) is 24.3 Å². The number of hydrogen-bond donors (Lipinski definition) is 1. The van der Waals surface area contributed by atoms with E-state index in [9.17, 15) is 13.2 Å². The van der Waals surface area contributed by atoms with Crippen LogP contribution >= 0.6 is 0 Å². The fourth-order valence-electron chi connectivity index (χ4n) is 5.60.